The van der Waals surface area contributed by atoms with Gasteiger partial charge < -0.3 is 10.1 Å². The molecular weight excluding hydrogens is 240 g/mol. The van der Waals surface area contributed by atoms with Gasteiger partial charge in [-0.2, -0.15) is 0 Å². The predicted octanol–water partition coefficient (Wildman–Crippen LogP) is 2.40. The normalized spacial score (nSPS) is 12.2. The topological polar surface area (TPSA) is 38.3 Å². The van der Waals surface area contributed by atoms with E-state index in [-0.39, 0.29) is 12.5 Å². The van der Waals surface area contributed by atoms with E-state index in [9.17, 15) is 13.6 Å². The molecule has 1 rings (SSSR count). The second kappa shape index (κ2) is 7.06. The van der Waals surface area contributed by atoms with Gasteiger partial charge in [-0.15, -0.1) is 0 Å². The average molecular weight is 257 g/mol. The van der Waals surface area contributed by atoms with Gasteiger partial charge in [0.15, 0.2) is 11.6 Å². The molecule has 1 unspecified atom stereocenters. The number of halogens is 2. The molecule has 0 spiro atoms. The van der Waals surface area contributed by atoms with E-state index in [1.807, 2.05) is 6.92 Å². The summed E-state index contributed by atoms with van der Waals surface area (Å²) in [4.78, 5) is 11.5. The zero-order valence-corrected chi connectivity index (χ0v) is 10.5. The van der Waals surface area contributed by atoms with Gasteiger partial charge in [0.25, 0.3) is 0 Å². The Morgan fingerprint density at radius 1 is 1.33 bits per heavy atom. The van der Waals surface area contributed by atoms with Crippen molar-refractivity contribution in [3.05, 3.63) is 35.4 Å². The van der Waals surface area contributed by atoms with Gasteiger partial charge in [0.1, 0.15) is 6.04 Å². The molecular formula is C13H17F2NO2. The van der Waals surface area contributed by atoms with Gasteiger partial charge >= 0.3 is 5.97 Å². The van der Waals surface area contributed by atoms with Gasteiger partial charge in [0.2, 0.25) is 0 Å². The molecule has 3 nitrogen and oxygen atoms in total. The third-order valence-electron chi connectivity index (χ3n) is 2.52. The molecule has 0 saturated heterocycles. The summed E-state index contributed by atoms with van der Waals surface area (Å²) in [6.45, 7) is 4.19. The quantitative estimate of drug-likeness (QED) is 0.795. The van der Waals surface area contributed by atoms with E-state index in [4.69, 9.17) is 4.74 Å². The largest absolute Gasteiger partial charge is 0.465 e. The number of carbonyl (C=O) groups is 1. The molecule has 0 amide bonds. The monoisotopic (exact) mass is 257 g/mol. The maximum absolute atomic E-state index is 13.0. The SMILES string of the molecule is CCOC(=O)C(CC)NCc1ccc(F)c(F)c1. The molecule has 5 heteroatoms. The van der Waals surface area contributed by atoms with Crippen LogP contribution in [0.2, 0.25) is 0 Å². The summed E-state index contributed by atoms with van der Waals surface area (Å²) in [6.07, 6.45) is 0.572. The summed E-state index contributed by atoms with van der Waals surface area (Å²) in [5, 5.41) is 2.95. The van der Waals surface area contributed by atoms with Crippen LogP contribution in [-0.2, 0) is 16.1 Å². The Kier molecular flexibility index (Phi) is 5.71. The van der Waals surface area contributed by atoms with Crippen LogP contribution in [0, 0.1) is 11.6 Å². The Morgan fingerprint density at radius 3 is 2.61 bits per heavy atom. The zero-order valence-electron chi connectivity index (χ0n) is 10.5. The second-order valence-electron chi connectivity index (χ2n) is 3.84. The summed E-state index contributed by atoms with van der Waals surface area (Å²) >= 11 is 0. The molecule has 0 aliphatic rings. The number of hydrogen-bond acceptors (Lipinski definition) is 3. The fraction of sp³-hybridized carbons (Fsp3) is 0.462. The Morgan fingerprint density at radius 2 is 2.06 bits per heavy atom. The standard InChI is InChI=1S/C13H17F2NO2/c1-3-12(13(17)18-4-2)16-8-9-5-6-10(14)11(15)7-9/h5-7,12,16H,3-4,8H2,1-2H3. The molecule has 0 aliphatic heterocycles. The zero-order chi connectivity index (χ0) is 13.5. The Bertz CT molecular complexity index is 410. The molecule has 100 valence electrons. The number of esters is 1. The maximum atomic E-state index is 13.0. The number of carbonyl (C=O) groups excluding carboxylic acids is 1. The molecule has 0 aromatic heterocycles. The third-order valence-corrected chi connectivity index (χ3v) is 2.52. The molecule has 1 aromatic carbocycles. The highest BCUT2D eigenvalue weighted by Gasteiger charge is 2.16. The molecule has 0 saturated carbocycles. The van der Waals surface area contributed by atoms with Crippen LogP contribution in [-0.4, -0.2) is 18.6 Å². The van der Waals surface area contributed by atoms with Crippen LogP contribution in [0.1, 0.15) is 25.8 Å². The molecule has 1 N–H and O–H groups in total. The fourth-order valence-electron chi connectivity index (χ4n) is 1.53. The molecule has 0 fully saturated rings. The molecule has 0 aliphatic carbocycles. The third kappa shape index (κ3) is 4.07. The van der Waals surface area contributed by atoms with Crippen molar-refractivity contribution in [2.45, 2.75) is 32.9 Å². The highest BCUT2D eigenvalue weighted by Crippen LogP contribution is 2.09. The maximum Gasteiger partial charge on any atom is 0.323 e. The lowest BCUT2D eigenvalue weighted by molar-refractivity contribution is -0.145. The Balaban J connectivity index is 2.56. The van der Waals surface area contributed by atoms with Crippen molar-refractivity contribution in [1.29, 1.82) is 0 Å². The minimum atomic E-state index is -0.890. The van der Waals surface area contributed by atoms with E-state index in [1.165, 1.54) is 6.07 Å². The number of ether oxygens (including phenoxy) is 1. The Hall–Kier alpha value is -1.49. The van der Waals surface area contributed by atoms with Crippen molar-refractivity contribution < 1.29 is 18.3 Å². The van der Waals surface area contributed by atoms with Gasteiger partial charge in [-0.05, 0) is 31.0 Å². The number of hydrogen-bond donors (Lipinski definition) is 1. The van der Waals surface area contributed by atoms with Gasteiger partial charge in [-0.3, -0.25) is 4.79 Å². The van der Waals surface area contributed by atoms with Crippen LogP contribution in [0.5, 0.6) is 0 Å². The lowest BCUT2D eigenvalue weighted by atomic mass is 10.1. The lowest BCUT2D eigenvalue weighted by Gasteiger charge is -2.15. The van der Waals surface area contributed by atoms with E-state index in [2.05, 4.69) is 5.32 Å². The Labute approximate surface area is 105 Å². The van der Waals surface area contributed by atoms with Gasteiger partial charge in [0, 0.05) is 6.54 Å². The summed E-state index contributed by atoms with van der Waals surface area (Å²) in [5.74, 6) is -2.10. The molecule has 18 heavy (non-hydrogen) atoms. The van der Waals surface area contributed by atoms with E-state index in [0.29, 0.717) is 18.6 Å². The summed E-state index contributed by atoms with van der Waals surface area (Å²) in [7, 11) is 0. The van der Waals surface area contributed by atoms with Gasteiger partial charge in [-0.25, -0.2) is 8.78 Å². The van der Waals surface area contributed by atoms with E-state index < -0.39 is 17.7 Å². The smallest absolute Gasteiger partial charge is 0.323 e. The van der Waals surface area contributed by atoms with Gasteiger partial charge in [0.05, 0.1) is 6.61 Å². The van der Waals surface area contributed by atoms with E-state index in [1.54, 1.807) is 6.92 Å². The van der Waals surface area contributed by atoms with Crippen LogP contribution in [0.15, 0.2) is 18.2 Å². The first kappa shape index (κ1) is 14.6. The first-order chi connectivity index (χ1) is 8.58. The van der Waals surface area contributed by atoms with Crippen molar-refractivity contribution in [3.8, 4) is 0 Å². The first-order valence-electron chi connectivity index (χ1n) is 5.92. The summed E-state index contributed by atoms with van der Waals surface area (Å²) < 4.78 is 30.6. The van der Waals surface area contributed by atoms with Crippen molar-refractivity contribution in [3.63, 3.8) is 0 Å². The van der Waals surface area contributed by atoms with Crippen LogP contribution in [0.4, 0.5) is 8.78 Å². The minimum Gasteiger partial charge on any atom is -0.465 e. The first-order valence-corrected chi connectivity index (χ1v) is 5.92. The number of rotatable bonds is 6. The fourth-order valence-corrected chi connectivity index (χ4v) is 1.53. The van der Waals surface area contributed by atoms with Crippen molar-refractivity contribution in [2.24, 2.45) is 0 Å². The molecule has 1 aromatic rings. The number of benzene rings is 1. The molecule has 0 radical (unpaired) electrons. The number of nitrogens with one attached hydrogen (secondary N) is 1. The summed E-state index contributed by atoms with van der Waals surface area (Å²) in [6, 6.07) is 3.22. The van der Waals surface area contributed by atoms with Crippen molar-refractivity contribution in [2.75, 3.05) is 6.61 Å². The van der Waals surface area contributed by atoms with E-state index >= 15 is 0 Å². The van der Waals surface area contributed by atoms with Crippen LogP contribution in [0.3, 0.4) is 0 Å². The minimum absolute atomic E-state index is 0.286. The van der Waals surface area contributed by atoms with Crippen LogP contribution in [0.25, 0.3) is 0 Å². The molecule has 0 bridgehead atoms. The highest BCUT2D eigenvalue weighted by molar-refractivity contribution is 5.75. The second-order valence-corrected chi connectivity index (χ2v) is 3.84. The predicted molar refractivity (Wildman–Crippen MR) is 63.9 cm³/mol. The average Bonchev–Trinajstić information content (AvgIpc) is 2.34. The molecule has 0 heterocycles. The molecule has 1 atom stereocenters. The highest BCUT2D eigenvalue weighted by atomic mass is 19.2. The van der Waals surface area contributed by atoms with Crippen LogP contribution < -0.4 is 5.32 Å². The lowest BCUT2D eigenvalue weighted by Crippen LogP contribution is -2.37. The van der Waals surface area contributed by atoms with Crippen molar-refractivity contribution in [1.82, 2.24) is 5.32 Å². The van der Waals surface area contributed by atoms with Crippen molar-refractivity contribution >= 4 is 5.97 Å². The van der Waals surface area contributed by atoms with E-state index in [0.717, 1.165) is 12.1 Å². The van der Waals surface area contributed by atoms with Gasteiger partial charge in [-0.1, -0.05) is 13.0 Å². The van der Waals surface area contributed by atoms with Crippen LogP contribution >= 0.6 is 0 Å². The summed E-state index contributed by atoms with van der Waals surface area (Å²) in [5.41, 5.74) is 0.580.